The molecule has 9 heteroatoms. The number of carbonyl (C=O) groups is 2. The van der Waals surface area contributed by atoms with E-state index < -0.39 is 17.8 Å². The predicted molar refractivity (Wildman–Crippen MR) is 98.3 cm³/mol. The standard InChI is InChI=1S/C19H19F3N2O3S/c1-23(10-15-3-2-8-27-15)18(26)16-11-28-12-24(16)17(25)9-13-4-6-14(7-5-13)19(20,21)22/h2-8,16H,9-12H2,1H3/t16-/m1/s1. The summed E-state index contributed by atoms with van der Waals surface area (Å²) in [6, 6.07) is 7.42. The largest absolute Gasteiger partial charge is 0.467 e. The van der Waals surface area contributed by atoms with Crippen molar-refractivity contribution in [3.8, 4) is 0 Å². The normalized spacial score (nSPS) is 17.0. The molecule has 0 aliphatic carbocycles. The Morgan fingerprint density at radius 1 is 1.25 bits per heavy atom. The van der Waals surface area contributed by atoms with Gasteiger partial charge < -0.3 is 14.2 Å². The molecular formula is C19H19F3N2O3S. The van der Waals surface area contributed by atoms with Crippen molar-refractivity contribution in [1.82, 2.24) is 9.80 Å². The second-order valence-electron chi connectivity index (χ2n) is 6.52. The summed E-state index contributed by atoms with van der Waals surface area (Å²) in [6.07, 6.45) is -2.94. The molecule has 0 unspecified atom stereocenters. The van der Waals surface area contributed by atoms with Crippen LogP contribution in [0.1, 0.15) is 16.9 Å². The number of furan rings is 1. The van der Waals surface area contributed by atoms with Crippen LogP contribution in [-0.2, 0) is 28.7 Å². The third-order valence-corrected chi connectivity index (χ3v) is 5.49. The minimum absolute atomic E-state index is 0.0512. The lowest BCUT2D eigenvalue weighted by Gasteiger charge is -2.27. The summed E-state index contributed by atoms with van der Waals surface area (Å²) in [7, 11) is 1.65. The SMILES string of the molecule is CN(Cc1ccco1)C(=O)[C@H]1CSCN1C(=O)Cc1ccc(C(F)(F)F)cc1. The molecule has 5 nitrogen and oxygen atoms in total. The summed E-state index contributed by atoms with van der Waals surface area (Å²) in [5.74, 6) is 1.03. The summed E-state index contributed by atoms with van der Waals surface area (Å²) in [5.41, 5.74) is -0.280. The monoisotopic (exact) mass is 412 g/mol. The molecule has 2 heterocycles. The van der Waals surface area contributed by atoms with E-state index >= 15 is 0 Å². The minimum atomic E-state index is -4.41. The van der Waals surface area contributed by atoms with Gasteiger partial charge >= 0.3 is 6.18 Å². The van der Waals surface area contributed by atoms with Crippen molar-refractivity contribution in [3.05, 3.63) is 59.5 Å². The Kier molecular flexibility index (Phi) is 6.02. The van der Waals surface area contributed by atoms with E-state index in [1.54, 1.807) is 19.2 Å². The van der Waals surface area contributed by atoms with Gasteiger partial charge in [0.15, 0.2) is 0 Å². The molecule has 0 saturated carbocycles. The molecule has 150 valence electrons. The molecule has 1 saturated heterocycles. The molecule has 1 aliphatic heterocycles. The Hall–Kier alpha value is -2.42. The average molecular weight is 412 g/mol. The molecule has 28 heavy (non-hydrogen) atoms. The number of benzene rings is 1. The Morgan fingerprint density at radius 3 is 2.57 bits per heavy atom. The maximum atomic E-state index is 12.7. The quantitative estimate of drug-likeness (QED) is 0.756. The van der Waals surface area contributed by atoms with Gasteiger partial charge in [-0.3, -0.25) is 9.59 Å². The Bertz CT molecular complexity index is 822. The molecule has 1 fully saturated rings. The first kappa shape index (κ1) is 20.3. The third-order valence-electron chi connectivity index (χ3n) is 4.47. The van der Waals surface area contributed by atoms with Crippen molar-refractivity contribution < 1.29 is 27.2 Å². The molecule has 2 aromatic rings. The van der Waals surface area contributed by atoms with Crippen LogP contribution in [0.3, 0.4) is 0 Å². The van der Waals surface area contributed by atoms with Crippen LogP contribution >= 0.6 is 11.8 Å². The van der Waals surface area contributed by atoms with Crippen LogP contribution in [0.25, 0.3) is 0 Å². The highest BCUT2D eigenvalue weighted by Crippen LogP contribution is 2.29. The topological polar surface area (TPSA) is 53.8 Å². The number of nitrogens with zero attached hydrogens (tertiary/aromatic N) is 2. The maximum absolute atomic E-state index is 12.7. The van der Waals surface area contributed by atoms with Gasteiger partial charge in [0.1, 0.15) is 11.8 Å². The van der Waals surface area contributed by atoms with E-state index in [0.717, 1.165) is 12.1 Å². The molecular weight excluding hydrogens is 393 g/mol. The van der Waals surface area contributed by atoms with Gasteiger partial charge in [-0.05, 0) is 29.8 Å². The molecule has 3 rings (SSSR count). The van der Waals surface area contributed by atoms with Gasteiger partial charge in [0.2, 0.25) is 11.8 Å². The van der Waals surface area contributed by atoms with Crippen molar-refractivity contribution in [2.24, 2.45) is 0 Å². The Balaban J connectivity index is 1.63. The van der Waals surface area contributed by atoms with E-state index in [-0.39, 0.29) is 18.2 Å². The van der Waals surface area contributed by atoms with Crippen molar-refractivity contribution in [3.63, 3.8) is 0 Å². The van der Waals surface area contributed by atoms with E-state index in [0.29, 0.717) is 29.5 Å². The van der Waals surface area contributed by atoms with Crippen molar-refractivity contribution in [1.29, 1.82) is 0 Å². The van der Waals surface area contributed by atoms with Gasteiger partial charge in [0.05, 0.1) is 30.7 Å². The van der Waals surface area contributed by atoms with Crippen LogP contribution in [0, 0.1) is 0 Å². The summed E-state index contributed by atoms with van der Waals surface area (Å²) in [6.45, 7) is 0.300. The molecule has 0 bridgehead atoms. The van der Waals surface area contributed by atoms with E-state index in [1.165, 1.54) is 40.0 Å². The van der Waals surface area contributed by atoms with Crippen molar-refractivity contribution in [2.75, 3.05) is 18.7 Å². The molecule has 1 aromatic carbocycles. The fourth-order valence-electron chi connectivity index (χ4n) is 2.95. The zero-order chi connectivity index (χ0) is 20.3. The Labute approximate surface area is 164 Å². The van der Waals surface area contributed by atoms with Crippen LogP contribution in [0.4, 0.5) is 13.2 Å². The van der Waals surface area contributed by atoms with Gasteiger partial charge in [-0.1, -0.05) is 12.1 Å². The number of hydrogen-bond acceptors (Lipinski definition) is 4. The minimum Gasteiger partial charge on any atom is -0.467 e. The number of carbonyl (C=O) groups excluding carboxylic acids is 2. The lowest BCUT2D eigenvalue weighted by Crippen LogP contribution is -2.48. The van der Waals surface area contributed by atoms with Crippen LogP contribution in [0.2, 0.25) is 0 Å². The highest BCUT2D eigenvalue weighted by Gasteiger charge is 2.36. The fourth-order valence-corrected chi connectivity index (χ4v) is 4.12. The highest BCUT2D eigenvalue weighted by atomic mass is 32.2. The van der Waals surface area contributed by atoms with E-state index in [2.05, 4.69) is 0 Å². The van der Waals surface area contributed by atoms with E-state index in [9.17, 15) is 22.8 Å². The number of alkyl halides is 3. The second kappa shape index (κ2) is 8.30. The first-order valence-corrected chi connectivity index (χ1v) is 9.72. The zero-order valence-electron chi connectivity index (χ0n) is 15.1. The summed E-state index contributed by atoms with van der Waals surface area (Å²) < 4.78 is 43.2. The maximum Gasteiger partial charge on any atom is 0.416 e. The predicted octanol–water partition coefficient (Wildman–Crippen LogP) is 3.40. The third kappa shape index (κ3) is 4.70. The van der Waals surface area contributed by atoms with Gasteiger partial charge in [0.25, 0.3) is 0 Å². The molecule has 0 radical (unpaired) electrons. The molecule has 1 aliphatic rings. The number of halogens is 3. The van der Waals surface area contributed by atoms with E-state index in [4.69, 9.17) is 4.42 Å². The number of likely N-dealkylation sites (N-methyl/N-ethyl adjacent to an activating group) is 1. The lowest BCUT2D eigenvalue weighted by atomic mass is 10.1. The smallest absolute Gasteiger partial charge is 0.416 e. The number of rotatable bonds is 5. The average Bonchev–Trinajstić information content (AvgIpc) is 3.32. The van der Waals surface area contributed by atoms with Crippen molar-refractivity contribution in [2.45, 2.75) is 25.2 Å². The zero-order valence-corrected chi connectivity index (χ0v) is 15.9. The summed E-state index contributed by atoms with van der Waals surface area (Å²) >= 11 is 1.47. The molecule has 0 N–H and O–H groups in total. The van der Waals surface area contributed by atoms with Gasteiger partial charge in [0, 0.05) is 12.8 Å². The van der Waals surface area contributed by atoms with Crippen LogP contribution in [0.5, 0.6) is 0 Å². The lowest BCUT2D eigenvalue weighted by molar-refractivity contribution is -0.142. The molecule has 2 amide bonds. The molecule has 0 spiro atoms. The van der Waals surface area contributed by atoms with E-state index in [1.807, 2.05) is 0 Å². The van der Waals surface area contributed by atoms with Crippen LogP contribution < -0.4 is 0 Å². The fraction of sp³-hybridized carbons (Fsp3) is 0.368. The first-order valence-electron chi connectivity index (χ1n) is 8.56. The first-order chi connectivity index (χ1) is 13.3. The second-order valence-corrected chi connectivity index (χ2v) is 7.52. The van der Waals surface area contributed by atoms with Gasteiger partial charge in [-0.25, -0.2) is 0 Å². The summed E-state index contributed by atoms with van der Waals surface area (Å²) in [5, 5.41) is 0. The molecule has 1 aromatic heterocycles. The number of thioether (sulfide) groups is 1. The number of hydrogen-bond donors (Lipinski definition) is 0. The summed E-state index contributed by atoms with van der Waals surface area (Å²) in [4.78, 5) is 28.4. The van der Waals surface area contributed by atoms with Gasteiger partial charge in [-0.2, -0.15) is 13.2 Å². The van der Waals surface area contributed by atoms with Gasteiger partial charge in [-0.15, -0.1) is 11.8 Å². The van der Waals surface area contributed by atoms with Crippen molar-refractivity contribution >= 4 is 23.6 Å². The Morgan fingerprint density at radius 2 is 1.96 bits per heavy atom. The molecule has 1 atom stereocenters. The highest BCUT2D eigenvalue weighted by molar-refractivity contribution is 7.99. The van der Waals surface area contributed by atoms with Crippen LogP contribution in [-0.4, -0.2) is 46.3 Å². The van der Waals surface area contributed by atoms with Crippen LogP contribution in [0.15, 0.2) is 47.1 Å². The number of amides is 2.